The maximum absolute atomic E-state index is 12.6. The molecule has 0 atom stereocenters. The Morgan fingerprint density at radius 3 is 2.56 bits per heavy atom. The van der Waals surface area contributed by atoms with Gasteiger partial charge in [0.15, 0.2) is 6.54 Å². The number of carbonyl (C=O) groups excluding carboxylic acids is 1. The van der Waals surface area contributed by atoms with Gasteiger partial charge in [0.25, 0.3) is 4.38 Å². The van der Waals surface area contributed by atoms with Gasteiger partial charge in [0.1, 0.15) is 4.91 Å². The molecule has 1 aromatic carbocycles. The Balaban J connectivity index is 1.99. The first kappa shape index (κ1) is 18.3. The van der Waals surface area contributed by atoms with Crippen LogP contribution in [0.5, 0.6) is 0 Å². The third kappa shape index (κ3) is 2.97. The predicted octanol–water partition coefficient (Wildman–Crippen LogP) is 4.60. The minimum atomic E-state index is -0.0630. The highest BCUT2D eigenvalue weighted by Gasteiger charge is 2.40. The largest absolute Gasteiger partial charge is 0.427 e. The number of allylic oxidation sites excluding steroid dienone is 3. The van der Waals surface area contributed by atoms with Gasteiger partial charge in [-0.2, -0.15) is 0 Å². The van der Waals surface area contributed by atoms with Crippen molar-refractivity contribution in [2.75, 3.05) is 24.2 Å². The van der Waals surface area contributed by atoms with E-state index in [4.69, 9.17) is 0 Å². The zero-order valence-corrected chi connectivity index (χ0v) is 17.1. The molecule has 0 unspecified atom stereocenters. The number of likely N-dealkylation sites (N-methyl/N-ethyl adjacent to an activating group) is 2. The Labute approximate surface area is 158 Å². The van der Waals surface area contributed by atoms with Crippen LogP contribution in [0.4, 0.5) is 5.69 Å². The van der Waals surface area contributed by atoms with E-state index in [2.05, 4.69) is 56.0 Å². The Kier molecular flexibility index (Phi) is 5.16. The van der Waals surface area contributed by atoms with E-state index in [-0.39, 0.29) is 11.3 Å². The van der Waals surface area contributed by atoms with Crippen LogP contribution in [0.15, 0.2) is 47.0 Å². The molecule has 0 bridgehead atoms. The number of amides is 1. The summed E-state index contributed by atoms with van der Waals surface area (Å²) in [6.07, 6.45) is 6.17. The smallest absolute Gasteiger partial charge is 0.344 e. The maximum atomic E-state index is 12.6. The minimum absolute atomic E-state index is 0.0630. The number of benzene rings is 1. The highest BCUT2D eigenvalue weighted by atomic mass is 32.2. The van der Waals surface area contributed by atoms with Crippen molar-refractivity contribution in [3.05, 3.63) is 52.6 Å². The number of hydrogen-bond donors (Lipinski definition) is 0. The van der Waals surface area contributed by atoms with Crippen LogP contribution in [0.1, 0.15) is 33.3 Å². The molecule has 25 heavy (non-hydrogen) atoms. The number of fused-ring (bicyclic) bond motifs is 1. The van der Waals surface area contributed by atoms with Crippen molar-refractivity contribution < 1.29 is 9.37 Å². The minimum Gasteiger partial charge on any atom is -0.344 e. The van der Waals surface area contributed by atoms with Crippen LogP contribution in [0.3, 0.4) is 0 Å². The molecule has 3 nitrogen and oxygen atoms in total. The van der Waals surface area contributed by atoms with E-state index in [9.17, 15) is 4.79 Å². The van der Waals surface area contributed by atoms with Crippen molar-refractivity contribution in [3.63, 3.8) is 0 Å². The van der Waals surface area contributed by atoms with Gasteiger partial charge in [-0.05, 0) is 55.6 Å². The summed E-state index contributed by atoms with van der Waals surface area (Å²) in [7, 11) is 0. The average Bonchev–Trinajstić information content (AvgIpc) is 3.04. The fourth-order valence-electron chi connectivity index (χ4n) is 3.57. The van der Waals surface area contributed by atoms with Gasteiger partial charge in [0.2, 0.25) is 0 Å². The monoisotopic (exact) mass is 373 g/mol. The summed E-state index contributed by atoms with van der Waals surface area (Å²) < 4.78 is 2.92. The number of thioether (sulfide) groups is 2. The van der Waals surface area contributed by atoms with Gasteiger partial charge in [0.05, 0.1) is 0 Å². The molecule has 2 heterocycles. The van der Waals surface area contributed by atoms with Crippen molar-refractivity contribution in [2.24, 2.45) is 0 Å². The van der Waals surface area contributed by atoms with Gasteiger partial charge in [0, 0.05) is 23.3 Å². The zero-order chi connectivity index (χ0) is 18.2. The summed E-state index contributed by atoms with van der Waals surface area (Å²) in [4.78, 5) is 15.8. The third-order valence-corrected chi connectivity index (χ3v) is 7.12. The summed E-state index contributed by atoms with van der Waals surface area (Å²) in [6, 6.07) is 8.58. The summed E-state index contributed by atoms with van der Waals surface area (Å²) in [5, 5.41) is 0. The topological polar surface area (TPSA) is 23.3 Å². The number of anilines is 1. The molecule has 1 amide bonds. The summed E-state index contributed by atoms with van der Waals surface area (Å²) in [6.45, 7) is 10.3. The van der Waals surface area contributed by atoms with Crippen molar-refractivity contribution in [3.8, 4) is 0 Å². The lowest BCUT2D eigenvalue weighted by atomic mass is 9.84. The second-order valence-corrected chi connectivity index (χ2v) is 8.67. The van der Waals surface area contributed by atoms with Gasteiger partial charge in [-0.1, -0.05) is 43.8 Å². The molecule has 0 aromatic heterocycles. The van der Waals surface area contributed by atoms with Gasteiger partial charge in [-0.25, -0.2) is 4.79 Å². The molecule has 0 saturated carbocycles. The molecule has 5 heteroatoms. The van der Waals surface area contributed by atoms with Gasteiger partial charge in [-0.3, -0.25) is 0 Å². The lowest BCUT2D eigenvalue weighted by Gasteiger charge is -2.25. The highest BCUT2D eigenvalue weighted by molar-refractivity contribution is 8.40. The summed E-state index contributed by atoms with van der Waals surface area (Å²) in [5.41, 5.74) is 3.81. The van der Waals surface area contributed by atoms with E-state index in [1.165, 1.54) is 16.9 Å². The maximum Gasteiger partial charge on any atom is 0.427 e. The van der Waals surface area contributed by atoms with Gasteiger partial charge in [-0.15, -0.1) is 4.58 Å². The molecule has 0 saturated heterocycles. The Hall–Kier alpha value is -1.46. The van der Waals surface area contributed by atoms with E-state index in [0.717, 1.165) is 15.8 Å². The third-order valence-electron chi connectivity index (χ3n) is 4.87. The van der Waals surface area contributed by atoms with Crippen molar-refractivity contribution in [1.29, 1.82) is 0 Å². The fraction of sp³-hybridized carbons (Fsp3) is 0.400. The van der Waals surface area contributed by atoms with E-state index < -0.39 is 0 Å². The number of para-hydroxylation sites is 1. The molecule has 0 aliphatic carbocycles. The number of hydrogen-bond acceptors (Lipinski definition) is 4. The number of carbonyl (C=O) groups is 1. The van der Waals surface area contributed by atoms with E-state index in [1.54, 1.807) is 23.5 Å². The lowest BCUT2D eigenvalue weighted by molar-refractivity contribution is -0.433. The second kappa shape index (κ2) is 7.04. The van der Waals surface area contributed by atoms with Crippen molar-refractivity contribution in [2.45, 2.75) is 33.1 Å². The zero-order valence-electron chi connectivity index (χ0n) is 15.5. The quantitative estimate of drug-likeness (QED) is 0.571. The first-order valence-electron chi connectivity index (χ1n) is 8.65. The molecular formula is C20H25N2OS2+. The molecule has 2 aliphatic heterocycles. The Bertz CT molecular complexity index is 806. The highest BCUT2D eigenvalue weighted by Crippen LogP contribution is 2.47. The molecule has 2 aliphatic rings. The second-order valence-electron chi connectivity index (χ2n) is 6.59. The molecule has 3 rings (SSSR count). The molecule has 0 N–H and O–H groups in total. The van der Waals surface area contributed by atoms with Crippen LogP contribution in [0, 0.1) is 0 Å². The Morgan fingerprint density at radius 2 is 1.96 bits per heavy atom. The summed E-state index contributed by atoms with van der Waals surface area (Å²) in [5.74, 6) is 0.116. The molecule has 0 spiro atoms. The lowest BCUT2D eigenvalue weighted by Crippen LogP contribution is -2.25. The van der Waals surface area contributed by atoms with Crippen LogP contribution in [0.2, 0.25) is 0 Å². The van der Waals surface area contributed by atoms with E-state index in [1.807, 2.05) is 23.8 Å². The van der Waals surface area contributed by atoms with Crippen LogP contribution < -0.4 is 4.90 Å². The van der Waals surface area contributed by atoms with Gasteiger partial charge < -0.3 is 4.90 Å². The SMILES string of the molecule is CCN1C(=CC=C2SC(SC)=[N+](CC)C2=O)C(C)(C)c2ccccc21. The average molecular weight is 374 g/mol. The first-order valence-corrected chi connectivity index (χ1v) is 10.7. The van der Waals surface area contributed by atoms with Crippen LogP contribution in [-0.2, 0) is 10.2 Å². The van der Waals surface area contributed by atoms with Crippen LogP contribution in [-0.4, -0.2) is 34.2 Å². The standard InChI is InChI=1S/C20H25N2OS2/c1-6-21-15-11-9-8-10-14(15)20(3,4)17(21)13-12-16-18(23)22(7-2)19(24-5)25-16/h8-13H,6-7H2,1-5H3/q+1. The van der Waals surface area contributed by atoms with Crippen LogP contribution in [0.25, 0.3) is 0 Å². The molecule has 0 radical (unpaired) electrons. The molecular weight excluding hydrogens is 348 g/mol. The Morgan fingerprint density at radius 1 is 1.24 bits per heavy atom. The van der Waals surface area contributed by atoms with E-state index >= 15 is 0 Å². The molecule has 0 fully saturated rings. The normalized spacial score (nSPS) is 22.4. The fourth-order valence-corrected chi connectivity index (χ4v) is 5.45. The molecule has 1 aromatic rings. The molecule has 132 valence electrons. The van der Waals surface area contributed by atoms with Crippen LogP contribution >= 0.6 is 23.5 Å². The van der Waals surface area contributed by atoms with E-state index in [0.29, 0.717) is 6.54 Å². The predicted molar refractivity (Wildman–Crippen MR) is 111 cm³/mol. The number of nitrogens with zero attached hydrogens (tertiary/aromatic N) is 2. The van der Waals surface area contributed by atoms with Crippen molar-refractivity contribution >= 4 is 39.5 Å². The summed E-state index contributed by atoms with van der Waals surface area (Å²) >= 11 is 3.22. The van der Waals surface area contributed by atoms with Crippen molar-refractivity contribution in [1.82, 2.24) is 0 Å². The van der Waals surface area contributed by atoms with Gasteiger partial charge >= 0.3 is 5.91 Å². The first-order chi connectivity index (χ1) is 12.0. The number of rotatable bonds is 3.